The Labute approximate surface area is 117 Å². The number of rotatable bonds is 4. The Kier molecular flexibility index (Phi) is 4.31. The highest BCUT2D eigenvalue weighted by atomic mass is 35.5. The summed E-state index contributed by atoms with van der Waals surface area (Å²) in [5.41, 5.74) is 2.40. The third-order valence-corrected chi connectivity index (χ3v) is 2.71. The summed E-state index contributed by atoms with van der Waals surface area (Å²) in [5.74, 6) is -0.991. The van der Waals surface area contributed by atoms with Crippen LogP contribution < -0.4 is 11.0 Å². The first kappa shape index (κ1) is 14.0. The summed E-state index contributed by atoms with van der Waals surface area (Å²) in [6.07, 6.45) is 1.07. The third-order valence-electron chi connectivity index (χ3n) is 2.39. The van der Waals surface area contributed by atoms with Gasteiger partial charge in [-0.15, -0.1) is 0 Å². The van der Waals surface area contributed by atoms with Gasteiger partial charge in [-0.25, -0.2) is 9.82 Å². The summed E-state index contributed by atoms with van der Waals surface area (Å²) in [7, 11) is 0. The molecule has 0 aliphatic carbocycles. The lowest BCUT2D eigenvalue weighted by molar-refractivity contribution is -0.120. The molecule has 2 rings (SSSR count). The van der Waals surface area contributed by atoms with Gasteiger partial charge in [-0.1, -0.05) is 17.7 Å². The molecule has 104 valence electrons. The molecule has 1 aromatic carbocycles. The highest BCUT2D eigenvalue weighted by molar-refractivity contribution is 6.33. The lowest BCUT2D eigenvalue weighted by Gasteiger charge is -2.00. The molecule has 0 aliphatic rings. The van der Waals surface area contributed by atoms with Crippen LogP contribution in [-0.2, 0) is 11.2 Å². The molecule has 0 saturated heterocycles. The van der Waals surface area contributed by atoms with Crippen LogP contribution in [0.1, 0.15) is 11.3 Å². The molecule has 0 spiro atoms. The predicted molar refractivity (Wildman–Crippen MR) is 72.3 cm³/mol. The lowest BCUT2D eigenvalue weighted by atomic mass is 10.2. The highest BCUT2D eigenvalue weighted by Crippen LogP contribution is 2.16. The zero-order valence-electron chi connectivity index (χ0n) is 10.1. The molecule has 20 heavy (non-hydrogen) atoms. The minimum Gasteiger partial charge on any atom is -0.302 e. The fourth-order valence-corrected chi connectivity index (χ4v) is 1.69. The molecule has 0 fully saturated rings. The van der Waals surface area contributed by atoms with E-state index in [1.165, 1.54) is 24.3 Å². The molecule has 0 atom stereocenters. The van der Waals surface area contributed by atoms with E-state index in [1.54, 1.807) is 0 Å². The number of aromatic amines is 2. The van der Waals surface area contributed by atoms with Gasteiger partial charge in [0.05, 0.1) is 17.7 Å². The Morgan fingerprint density at radius 3 is 2.90 bits per heavy atom. The van der Waals surface area contributed by atoms with Crippen molar-refractivity contribution in [3.05, 3.63) is 56.7 Å². The number of hydrogen-bond acceptors (Lipinski definition) is 3. The maximum Gasteiger partial charge on any atom is 0.264 e. The van der Waals surface area contributed by atoms with E-state index in [0.29, 0.717) is 5.69 Å². The van der Waals surface area contributed by atoms with Crippen molar-refractivity contribution in [2.45, 2.75) is 6.42 Å². The molecule has 6 nitrogen and oxygen atoms in total. The van der Waals surface area contributed by atoms with Gasteiger partial charge in [0.15, 0.2) is 0 Å². The Balaban J connectivity index is 1.96. The van der Waals surface area contributed by atoms with E-state index in [1.807, 2.05) is 0 Å². The Hall–Kier alpha value is -2.41. The number of nitrogens with one attached hydrogen (secondary N) is 3. The number of nitrogens with zero attached hydrogens (tertiary/aromatic N) is 1. The van der Waals surface area contributed by atoms with E-state index in [2.05, 4.69) is 20.7 Å². The van der Waals surface area contributed by atoms with Gasteiger partial charge in [0.1, 0.15) is 5.82 Å². The Bertz CT molecular complexity index is 687. The van der Waals surface area contributed by atoms with E-state index < -0.39 is 11.7 Å². The molecule has 2 aromatic rings. The largest absolute Gasteiger partial charge is 0.302 e. The van der Waals surface area contributed by atoms with E-state index >= 15 is 0 Å². The van der Waals surface area contributed by atoms with Crippen molar-refractivity contribution in [2.75, 3.05) is 0 Å². The first-order valence-corrected chi connectivity index (χ1v) is 5.96. The minimum atomic E-state index is -0.537. The standard InChI is InChI=1S/C12H10ClFN4O2/c13-9-2-1-3-10(14)8(9)6-15-17-11(19)4-7-5-12(20)18-16-7/h1-3,5-6H,4H2,(H,17,19)(H2,16,18,20)/b15-6+. The lowest BCUT2D eigenvalue weighted by Crippen LogP contribution is -2.20. The van der Waals surface area contributed by atoms with Crippen LogP contribution >= 0.6 is 11.6 Å². The van der Waals surface area contributed by atoms with Crippen LogP contribution in [0.15, 0.2) is 34.2 Å². The molecule has 1 heterocycles. The van der Waals surface area contributed by atoms with Gasteiger partial charge in [0.2, 0.25) is 5.91 Å². The molecule has 3 N–H and O–H groups in total. The van der Waals surface area contributed by atoms with E-state index in [4.69, 9.17) is 11.6 Å². The van der Waals surface area contributed by atoms with Crippen LogP contribution in [-0.4, -0.2) is 22.3 Å². The van der Waals surface area contributed by atoms with Crippen LogP contribution in [0.5, 0.6) is 0 Å². The number of benzene rings is 1. The number of H-pyrrole nitrogens is 2. The number of carbonyl (C=O) groups is 1. The average molecular weight is 297 g/mol. The van der Waals surface area contributed by atoms with Crippen molar-refractivity contribution in [3.8, 4) is 0 Å². The van der Waals surface area contributed by atoms with Gasteiger partial charge in [-0.3, -0.25) is 14.7 Å². The van der Waals surface area contributed by atoms with Crippen molar-refractivity contribution in [1.82, 2.24) is 15.6 Å². The molecule has 0 radical (unpaired) electrons. The van der Waals surface area contributed by atoms with Gasteiger partial charge in [0.25, 0.3) is 5.56 Å². The summed E-state index contributed by atoms with van der Waals surface area (Å²) >= 11 is 5.79. The minimum absolute atomic E-state index is 0.0545. The van der Waals surface area contributed by atoms with Gasteiger partial charge in [-0.2, -0.15) is 5.10 Å². The second kappa shape index (κ2) is 6.16. The van der Waals surface area contributed by atoms with E-state index in [-0.39, 0.29) is 22.6 Å². The fourth-order valence-electron chi connectivity index (χ4n) is 1.48. The van der Waals surface area contributed by atoms with Crippen molar-refractivity contribution < 1.29 is 9.18 Å². The maximum atomic E-state index is 13.4. The number of hydrogen-bond donors (Lipinski definition) is 3. The quantitative estimate of drug-likeness (QED) is 0.584. The summed E-state index contributed by atoms with van der Waals surface area (Å²) in [6.45, 7) is 0. The Morgan fingerprint density at radius 2 is 2.25 bits per heavy atom. The molecular weight excluding hydrogens is 287 g/mol. The SMILES string of the molecule is O=C(Cc1cc(=O)[nH][nH]1)N/N=C/c1c(F)cccc1Cl. The normalized spacial score (nSPS) is 10.9. The van der Waals surface area contributed by atoms with Gasteiger partial charge in [-0.05, 0) is 12.1 Å². The van der Waals surface area contributed by atoms with Gasteiger partial charge >= 0.3 is 0 Å². The van der Waals surface area contributed by atoms with Gasteiger partial charge in [0, 0.05) is 17.3 Å². The molecule has 0 aliphatic heterocycles. The molecular formula is C12H10ClFN4O2. The number of amides is 1. The number of halogens is 2. The summed E-state index contributed by atoms with van der Waals surface area (Å²) in [5, 5.41) is 8.64. The summed E-state index contributed by atoms with van der Waals surface area (Å²) < 4.78 is 13.4. The van der Waals surface area contributed by atoms with E-state index in [9.17, 15) is 14.0 Å². The monoisotopic (exact) mass is 296 g/mol. The molecule has 1 aromatic heterocycles. The van der Waals surface area contributed by atoms with Crippen molar-refractivity contribution in [3.63, 3.8) is 0 Å². The molecule has 0 unspecified atom stereocenters. The molecule has 0 saturated carbocycles. The van der Waals surface area contributed by atoms with Crippen LogP contribution in [0.3, 0.4) is 0 Å². The first-order chi connectivity index (χ1) is 9.56. The Morgan fingerprint density at radius 1 is 1.45 bits per heavy atom. The number of carbonyl (C=O) groups excluding carboxylic acids is 1. The second-order valence-corrected chi connectivity index (χ2v) is 4.30. The van der Waals surface area contributed by atoms with Crippen LogP contribution in [0.25, 0.3) is 0 Å². The zero-order valence-corrected chi connectivity index (χ0v) is 10.9. The van der Waals surface area contributed by atoms with Crippen LogP contribution in [0, 0.1) is 5.82 Å². The topological polar surface area (TPSA) is 90.1 Å². The van der Waals surface area contributed by atoms with Crippen molar-refractivity contribution in [2.24, 2.45) is 5.10 Å². The smallest absolute Gasteiger partial charge is 0.264 e. The molecule has 0 bridgehead atoms. The first-order valence-electron chi connectivity index (χ1n) is 5.59. The van der Waals surface area contributed by atoms with Crippen molar-refractivity contribution >= 4 is 23.7 Å². The maximum absolute atomic E-state index is 13.4. The second-order valence-electron chi connectivity index (χ2n) is 3.89. The van der Waals surface area contributed by atoms with Crippen LogP contribution in [0.4, 0.5) is 4.39 Å². The third kappa shape index (κ3) is 3.55. The van der Waals surface area contributed by atoms with Gasteiger partial charge < -0.3 is 5.10 Å². The fraction of sp³-hybridized carbons (Fsp3) is 0.0833. The van der Waals surface area contributed by atoms with E-state index in [0.717, 1.165) is 6.21 Å². The van der Waals surface area contributed by atoms with Crippen molar-refractivity contribution in [1.29, 1.82) is 0 Å². The summed E-state index contributed by atoms with van der Waals surface area (Å²) in [6, 6.07) is 5.48. The molecule has 8 heteroatoms. The number of aromatic nitrogens is 2. The summed E-state index contributed by atoms with van der Waals surface area (Å²) in [4.78, 5) is 22.3. The average Bonchev–Trinajstić information content (AvgIpc) is 2.78. The van der Waals surface area contributed by atoms with Crippen LogP contribution in [0.2, 0.25) is 5.02 Å². The zero-order chi connectivity index (χ0) is 14.5. The highest BCUT2D eigenvalue weighted by Gasteiger charge is 2.06. The molecule has 1 amide bonds. The predicted octanol–water partition coefficient (Wildman–Crippen LogP) is 1.19. The number of hydrazone groups is 1.